The fourth-order valence-electron chi connectivity index (χ4n) is 3.63. The second-order valence-corrected chi connectivity index (χ2v) is 7.22. The van der Waals surface area contributed by atoms with Gasteiger partial charge in [-0.3, -0.25) is 0 Å². The number of ether oxygens (including phenoxy) is 1. The van der Waals surface area contributed by atoms with Crippen LogP contribution in [0.1, 0.15) is 41.1 Å². The van der Waals surface area contributed by atoms with Crippen molar-refractivity contribution >= 4 is 11.5 Å². The minimum Gasteiger partial charge on any atom is -0.387 e. The molecule has 1 aliphatic heterocycles. The number of morpholine rings is 1. The van der Waals surface area contributed by atoms with E-state index < -0.39 is 6.10 Å². The van der Waals surface area contributed by atoms with Crippen molar-refractivity contribution in [1.29, 1.82) is 0 Å². The van der Waals surface area contributed by atoms with Crippen LogP contribution in [0.15, 0.2) is 30.3 Å². The minimum absolute atomic E-state index is 0.640. The number of imidazole rings is 1. The Morgan fingerprint density at radius 2 is 1.93 bits per heavy atom. The van der Waals surface area contributed by atoms with Gasteiger partial charge in [0, 0.05) is 19.5 Å². The Kier molecular flexibility index (Phi) is 4.85. The fourth-order valence-corrected chi connectivity index (χ4v) is 3.63. The minimum atomic E-state index is -0.640. The maximum Gasteiger partial charge on any atom is 0.154 e. The summed E-state index contributed by atoms with van der Waals surface area (Å²) in [5.41, 5.74) is 6.18. The lowest BCUT2D eigenvalue weighted by Gasteiger charge is -2.27. The molecular weight excluding hydrogens is 340 g/mol. The van der Waals surface area contributed by atoms with Crippen LogP contribution >= 0.6 is 0 Å². The summed E-state index contributed by atoms with van der Waals surface area (Å²) in [5.74, 6) is 0.919. The first-order valence-electron chi connectivity index (χ1n) is 9.49. The van der Waals surface area contributed by atoms with Crippen LogP contribution in [-0.2, 0) is 11.2 Å². The Balaban J connectivity index is 1.80. The van der Waals surface area contributed by atoms with Gasteiger partial charge < -0.3 is 14.7 Å². The van der Waals surface area contributed by atoms with Crippen molar-refractivity contribution in [3.8, 4) is 0 Å². The van der Waals surface area contributed by atoms with Crippen molar-refractivity contribution < 1.29 is 9.84 Å². The molecule has 4 rings (SSSR count). The largest absolute Gasteiger partial charge is 0.387 e. The topological polar surface area (TPSA) is 62.9 Å². The highest BCUT2D eigenvalue weighted by Gasteiger charge is 2.20. The van der Waals surface area contributed by atoms with Crippen molar-refractivity contribution in [3.63, 3.8) is 0 Å². The number of hydrogen-bond acceptors (Lipinski definition) is 5. The van der Waals surface area contributed by atoms with E-state index in [0.29, 0.717) is 12.1 Å². The lowest BCUT2D eigenvalue weighted by molar-refractivity contribution is 0.122. The van der Waals surface area contributed by atoms with E-state index in [9.17, 15) is 5.11 Å². The van der Waals surface area contributed by atoms with Gasteiger partial charge in [-0.2, -0.15) is 0 Å². The van der Waals surface area contributed by atoms with Gasteiger partial charge in [-0.25, -0.2) is 9.50 Å². The molecule has 3 aromatic rings. The van der Waals surface area contributed by atoms with Gasteiger partial charge in [0.25, 0.3) is 0 Å². The number of nitrogens with zero attached hydrogens (tertiary/aromatic N) is 4. The predicted molar refractivity (Wildman–Crippen MR) is 105 cm³/mol. The maximum atomic E-state index is 10.3. The van der Waals surface area contributed by atoms with Crippen LogP contribution < -0.4 is 4.90 Å². The number of rotatable bonds is 4. The van der Waals surface area contributed by atoms with Crippen molar-refractivity contribution in [3.05, 3.63) is 58.4 Å². The molecule has 1 aromatic carbocycles. The van der Waals surface area contributed by atoms with Gasteiger partial charge in [-0.05, 0) is 49.6 Å². The van der Waals surface area contributed by atoms with Crippen LogP contribution in [0.2, 0.25) is 0 Å². The smallest absolute Gasteiger partial charge is 0.154 e. The zero-order valence-corrected chi connectivity index (χ0v) is 16.1. The summed E-state index contributed by atoms with van der Waals surface area (Å²) in [6.07, 6.45) is 0.0488. The molecule has 0 aliphatic carbocycles. The zero-order valence-electron chi connectivity index (χ0n) is 16.1. The standard InChI is InChI=1S/C21H26N4O2/c1-14-5-4-6-17(15(14)2)13-18-21(16(3)26)22-19-7-8-20(23-25(18)19)24-9-11-27-12-10-24/h4-8,16,26H,9-13H2,1-3H3. The second-order valence-electron chi connectivity index (χ2n) is 7.22. The quantitative estimate of drug-likeness (QED) is 0.769. The van der Waals surface area contributed by atoms with E-state index in [1.807, 2.05) is 16.6 Å². The van der Waals surface area contributed by atoms with Crippen LogP contribution in [0, 0.1) is 13.8 Å². The second kappa shape index (κ2) is 7.29. The highest BCUT2D eigenvalue weighted by atomic mass is 16.5. The lowest BCUT2D eigenvalue weighted by Crippen LogP contribution is -2.37. The van der Waals surface area contributed by atoms with Gasteiger partial charge in [0.05, 0.1) is 30.7 Å². The molecule has 0 bridgehead atoms. The zero-order chi connectivity index (χ0) is 19.0. The number of hydrogen-bond donors (Lipinski definition) is 1. The summed E-state index contributed by atoms with van der Waals surface area (Å²) in [6, 6.07) is 10.3. The fraction of sp³-hybridized carbons (Fsp3) is 0.429. The lowest BCUT2D eigenvalue weighted by atomic mass is 9.98. The number of aliphatic hydroxyl groups is 1. The Morgan fingerprint density at radius 1 is 1.15 bits per heavy atom. The molecule has 6 nitrogen and oxygen atoms in total. The van der Waals surface area contributed by atoms with Gasteiger partial charge >= 0.3 is 0 Å². The number of anilines is 1. The number of aryl methyl sites for hydroxylation is 1. The SMILES string of the molecule is Cc1cccc(Cc2c(C(C)O)nc3ccc(N4CCOCC4)nn23)c1C. The first-order valence-corrected chi connectivity index (χ1v) is 9.49. The first-order chi connectivity index (χ1) is 13.0. The highest BCUT2D eigenvalue weighted by molar-refractivity contribution is 5.50. The van der Waals surface area contributed by atoms with E-state index >= 15 is 0 Å². The van der Waals surface area contributed by atoms with Crippen LogP contribution in [0.3, 0.4) is 0 Å². The van der Waals surface area contributed by atoms with E-state index in [-0.39, 0.29) is 0 Å². The van der Waals surface area contributed by atoms with Crippen LogP contribution in [0.4, 0.5) is 5.82 Å². The Bertz CT molecular complexity index is 958. The molecule has 2 aromatic heterocycles. The third-order valence-corrected chi connectivity index (χ3v) is 5.39. The molecule has 0 saturated carbocycles. The molecule has 6 heteroatoms. The van der Waals surface area contributed by atoms with Crippen LogP contribution in [0.5, 0.6) is 0 Å². The molecule has 1 aliphatic rings. The molecule has 1 unspecified atom stereocenters. The molecule has 1 fully saturated rings. The number of benzene rings is 1. The molecule has 1 saturated heterocycles. The summed E-state index contributed by atoms with van der Waals surface area (Å²) in [6.45, 7) is 9.14. The Hall–Kier alpha value is -2.44. The third kappa shape index (κ3) is 3.42. The van der Waals surface area contributed by atoms with Crippen molar-refractivity contribution in [2.24, 2.45) is 0 Å². The van der Waals surface area contributed by atoms with Gasteiger partial charge in [0.2, 0.25) is 0 Å². The molecule has 0 radical (unpaired) electrons. The van der Waals surface area contributed by atoms with E-state index in [0.717, 1.165) is 43.5 Å². The maximum absolute atomic E-state index is 10.3. The van der Waals surface area contributed by atoms with Gasteiger partial charge in [0.1, 0.15) is 5.82 Å². The highest BCUT2D eigenvalue weighted by Crippen LogP contribution is 2.25. The average molecular weight is 366 g/mol. The predicted octanol–water partition coefficient (Wildman–Crippen LogP) is 2.83. The molecule has 0 amide bonds. The number of fused-ring (bicyclic) bond motifs is 1. The van der Waals surface area contributed by atoms with Gasteiger partial charge in [-0.1, -0.05) is 18.2 Å². The average Bonchev–Trinajstić information content (AvgIpc) is 3.04. The van der Waals surface area contributed by atoms with Crippen LogP contribution in [0.25, 0.3) is 5.65 Å². The Morgan fingerprint density at radius 3 is 2.67 bits per heavy atom. The van der Waals surface area contributed by atoms with Gasteiger partial charge in [-0.15, -0.1) is 5.10 Å². The summed E-state index contributed by atoms with van der Waals surface area (Å²) < 4.78 is 7.35. The summed E-state index contributed by atoms with van der Waals surface area (Å²) in [7, 11) is 0. The summed E-state index contributed by atoms with van der Waals surface area (Å²) in [5, 5.41) is 15.2. The molecule has 0 spiro atoms. The summed E-state index contributed by atoms with van der Waals surface area (Å²) >= 11 is 0. The van der Waals surface area contributed by atoms with Crippen molar-refractivity contribution in [2.75, 3.05) is 31.2 Å². The van der Waals surface area contributed by atoms with Gasteiger partial charge in [0.15, 0.2) is 5.65 Å². The Labute approximate surface area is 159 Å². The number of aromatic nitrogens is 3. The molecule has 3 heterocycles. The molecular formula is C21H26N4O2. The van der Waals surface area contributed by atoms with E-state index in [4.69, 9.17) is 9.84 Å². The van der Waals surface area contributed by atoms with E-state index in [1.54, 1.807) is 6.92 Å². The van der Waals surface area contributed by atoms with Crippen molar-refractivity contribution in [1.82, 2.24) is 14.6 Å². The molecule has 1 N–H and O–H groups in total. The summed E-state index contributed by atoms with van der Waals surface area (Å²) in [4.78, 5) is 6.88. The first kappa shape index (κ1) is 17.9. The monoisotopic (exact) mass is 366 g/mol. The molecule has 1 atom stereocenters. The third-order valence-electron chi connectivity index (χ3n) is 5.39. The molecule has 142 valence electrons. The van der Waals surface area contributed by atoms with E-state index in [2.05, 4.69) is 41.9 Å². The van der Waals surface area contributed by atoms with Crippen LogP contribution in [-0.4, -0.2) is 46.0 Å². The normalized spacial score (nSPS) is 16.1. The van der Waals surface area contributed by atoms with Crippen molar-refractivity contribution in [2.45, 2.75) is 33.3 Å². The number of aliphatic hydroxyl groups excluding tert-OH is 1. The van der Waals surface area contributed by atoms with E-state index in [1.165, 1.54) is 16.7 Å². The molecule has 27 heavy (non-hydrogen) atoms.